The minimum atomic E-state index is -0.521. The summed E-state index contributed by atoms with van der Waals surface area (Å²) in [4.78, 5) is 20.1. The highest BCUT2D eigenvalue weighted by Crippen LogP contribution is 2.21. The van der Waals surface area contributed by atoms with Crippen LogP contribution in [0.2, 0.25) is 0 Å². The molecule has 24 heavy (non-hydrogen) atoms. The third-order valence-electron chi connectivity index (χ3n) is 3.12. The van der Waals surface area contributed by atoms with Crippen molar-refractivity contribution in [2.75, 3.05) is 0 Å². The number of hydrogen-bond acceptors (Lipinski definition) is 5. The van der Waals surface area contributed by atoms with Crippen molar-refractivity contribution in [1.82, 2.24) is 15.3 Å². The first-order valence-corrected chi connectivity index (χ1v) is 7.77. The van der Waals surface area contributed by atoms with Gasteiger partial charge in [-0.1, -0.05) is 6.07 Å². The quantitative estimate of drug-likeness (QED) is 0.920. The van der Waals surface area contributed by atoms with E-state index in [-0.39, 0.29) is 0 Å². The molecule has 1 N–H and O–H groups in total. The zero-order valence-corrected chi connectivity index (χ0v) is 14.7. The molecule has 6 heteroatoms. The van der Waals surface area contributed by atoms with Gasteiger partial charge in [-0.25, -0.2) is 14.8 Å². The predicted molar refractivity (Wildman–Crippen MR) is 91.1 cm³/mol. The van der Waals surface area contributed by atoms with E-state index in [1.165, 1.54) is 0 Å². The van der Waals surface area contributed by atoms with E-state index in [0.717, 1.165) is 16.8 Å². The summed E-state index contributed by atoms with van der Waals surface area (Å²) < 4.78 is 10.9. The van der Waals surface area contributed by atoms with Gasteiger partial charge in [0.2, 0.25) is 0 Å². The molecule has 0 spiro atoms. The fourth-order valence-electron chi connectivity index (χ4n) is 1.96. The molecule has 1 aromatic carbocycles. The number of rotatable bonds is 4. The lowest BCUT2D eigenvalue weighted by Gasteiger charge is -2.20. The van der Waals surface area contributed by atoms with Crippen LogP contribution < -0.4 is 10.1 Å². The zero-order chi connectivity index (χ0) is 17.7. The Morgan fingerprint density at radius 2 is 1.96 bits per heavy atom. The van der Waals surface area contributed by atoms with E-state index >= 15 is 0 Å². The fourth-order valence-corrected chi connectivity index (χ4v) is 1.96. The number of aromatic nitrogens is 2. The first-order chi connectivity index (χ1) is 11.2. The molecule has 0 atom stereocenters. The van der Waals surface area contributed by atoms with Crippen LogP contribution in [0, 0.1) is 13.8 Å². The Balaban J connectivity index is 2.04. The first-order valence-electron chi connectivity index (χ1n) is 7.77. The van der Waals surface area contributed by atoms with Crippen molar-refractivity contribution in [1.29, 1.82) is 0 Å². The second-order valence-electron chi connectivity index (χ2n) is 6.53. The highest BCUT2D eigenvalue weighted by atomic mass is 16.6. The van der Waals surface area contributed by atoms with Gasteiger partial charge in [0, 0.05) is 18.4 Å². The van der Waals surface area contributed by atoms with Crippen LogP contribution in [0.25, 0.3) is 0 Å². The molecule has 0 unspecified atom stereocenters. The van der Waals surface area contributed by atoms with Gasteiger partial charge in [-0.2, -0.15) is 0 Å². The Morgan fingerprint density at radius 1 is 1.21 bits per heavy atom. The molecule has 0 saturated carbocycles. The number of benzene rings is 1. The van der Waals surface area contributed by atoms with Crippen LogP contribution >= 0.6 is 0 Å². The number of carbonyl (C=O) groups excluding carboxylic acids is 1. The monoisotopic (exact) mass is 329 g/mol. The Hall–Kier alpha value is -2.63. The molecule has 0 saturated heterocycles. The van der Waals surface area contributed by atoms with Gasteiger partial charge in [-0.05, 0) is 63.9 Å². The number of aryl methyl sites for hydroxylation is 2. The average molecular weight is 329 g/mol. The molecule has 1 aromatic heterocycles. The number of ether oxygens (including phenoxy) is 2. The van der Waals surface area contributed by atoms with Crippen LogP contribution in [0.5, 0.6) is 11.8 Å². The predicted octanol–water partition coefficient (Wildman–Crippen LogP) is 3.91. The first kappa shape index (κ1) is 17.7. The highest BCUT2D eigenvalue weighted by molar-refractivity contribution is 5.67. The molecular formula is C18H23N3O3. The highest BCUT2D eigenvalue weighted by Gasteiger charge is 2.16. The summed E-state index contributed by atoms with van der Waals surface area (Å²) in [6.07, 6.45) is 1.20. The summed E-state index contributed by atoms with van der Waals surface area (Å²) in [7, 11) is 0. The van der Waals surface area contributed by atoms with E-state index in [9.17, 15) is 4.79 Å². The normalized spacial score (nSPS) is 11.0. The van der Waals surface area contributed by atoms with Gasteiger partial charge in [-0.15, -0.1) is 0 Å². The largest absolute Gasteiger partial charge is 0.444 e. The lowest BCUT2D eigenvalue weighted by Crippen LogP contribution is -2.32. The van der Waals surface area contributed by atoms with Crippen LogP contribution in [-0.4, -0.2) is 21.7 Å². The molecule has 0 fully saturated rings. The number of carbonyl (C=O) groups is 1. The van der Waals surface area contributed by atoms with Crippen LogP contribution in [0.15, 0.2) is 30.5 Å². The van der Waals surface area contributed by atoms with Gasteiger partial charge in [0.1, 0.15) is 11.4 Å². The van der Waals surface area contributed by atoms with Gasteiger partial charge in [0.25, 0.3) is 0 Å². The van der Waals surface area contributed by atoms with Gasteiger partial charge >= 0.3 is 12.1 Å². The topological polar surface area (TPSA) is 73.3 Å². The summed E-state index contributed by atoms with van der Waals surface area (Å²) in [5, 5.41) is 2.75. The van der Waals surface area contributed by atoms with Gasteiger partial charge < -0.3 is 14.8 Å². The van der Waals surface area contributed by atoms with E-state index in [1.807, 2.05) is 52.8 Å². The van der Waals surface area contributed by atoms with Crippen molar-refractivity contribution in [2.24, 2.45) is 0 Å². The zero-order valence-electron chi connectivity index (χ0n) is 14.7. The van der Waals surface area contributed by atoms with Crippen molar-refractivity contribution < 1.29 is 14.3 Å². The SMILES string of the molecule is Cc1ccnc(Oc2ccc(C)c(CNC(=O)OC(C)(C)C)c2)n1. The van der Waals surface area contributed by atoms with Crippen LogP contribution in [0.3, 0.4) is 0 Å². The van der Waals surface area contributed by atoms with Crippen molar-refractivity contribution >= 4 is 6.09 Å². The number of alkyl carbamates (subject to hydrolysis) is 1. The minimum absolute atomic E-state index is 0.296. The van der Waals surface area contributed by atoms with Crippen LogP contribution in [-0.2, 0) is 11.3 Å². The lowest BCUT2D eigenvalue weighted by atomic mass is 10.1. The summed E-state index contributed by atoms with van der Waals surface area (Å²) in [6, 6.07) is 7.73. The van der Waals surface area contributed by atoms with Crippen molar-refractivity contribution in [3.8, 4) is 11.8 Å². The molecule has 6 nitrogen and oxygen atoms in total. The standard InChI is InChI=1S/C18H23N3O3/c1-12-6-7-15(23-16-19-9-8-13(2)21-16)10-14(12)11-20-17(22)24-18(3,4)5/h6-10H,11H2,1-5H3,(H,20,22). The third kappa shape index (κ3) is 5.53. The molecule has 128 valence electrons. The average Bonchev–Trinajstić information content (AvgIpc) is 2.46. The maximum atomic E-state index is 11.8. The molecule has 1 heterocycles. The van der Waals surface area contributed by atoms with E-state index in [4.69, 9.17) is 9.47 Å². The number of hydrogen-bond donors (Lipinski definition) is 1. The maximum Gasteiger partial charge on any atom is 0.407 e. The molecule has 1 amide bonds. The summed E-state index contributed by atoms with van der Waals surface area (Å²) >= 11 is 0. The summed E-state index contributed by atoms with van der Waals surface area (Å²) in [5.74, 6) is 0.618. The Labute approximate surface area is 142 Å². The summed E-state index contributed by atoms with van der Waals surface area (Å²) in [6.45, 7) is 9.68. The molecule has 0 aliphatic rings. The van der Waals surface area contributed by atoms with Crippen molar-refractivity contribution in [3.05, 3.63) is 47.3 Å². The Morgan fingerprint density at radius 3 is 2.62 bits per heavy atom. The van der Waals surface area contributed by atoms with E-state index in [2.05, 4.69) is 15.3 Å². The molecule has 2 rings (SSSR count). The van der Waals surface area contributed by atoms with Crippen molar-refractivity contribution in [2.45, 2.75) is 46.8 Å². The van der Waals surface area contributed by atoms with E-state index < -0.39 is 11.7 Å². The molecule has 0 radical (unpaired) electrons. The third-order valence-corrected chi connectivity index (χ3v) is 3.12. The van der Waals surface area contributed by atoms with Gasteiger partial charge in [0.15, 0.2) is 0 Å². The summed E-state index contributed by atoms with van der Waals surface area (Å²) in [5.41, 5.74) is 2.29. The molecule has 0 aliphatic heterocycles. The number of nitrogens with zero attached hydrogens (tertiary/aromatic N) is 2. The Kier molecular flexibility index (Phi) is 5.39. The van der Waals surface area contributed by atoms with Gasteiger partial charge in [0.05, 0.1) is 0 Å². The molecular weight excluding hydrogens is 306 g/mol. The van der Waals surface area contributed by atoms with Crippen LogP contribution in [0.1, 0.15) is 37.6 Å². The fraction of sp³-hybridized carbons (Fsp3) is 0.389. The molecule has 0 bridgehead atoms. The molecule has 2 aromatic rings. The second-order valence-corrected chi connectivity index (χ2v) is 6.53. The van der Waals surface area contributed by atoms with Crippen molar-refractivity contribution in [3.63, 3.8) is 0 Å². The Bertz CT molecular complexity index is 724. The van der Waals surface area contributed by atoms with E-state index in [1.54, 1.807) is 12.3 Å². The number of amides is 1. The number of nitrogens with one attached hydrogen (secondary N) is 1. The second kappa shape index (κ2) is 7.29. The van der Waals surface area contributed by atoms with Crippen LogP contribution in [0.4, 0.5) is 4.79 Å². The lowest BCUT2D eigenvalue weighted by molar-refractivity contribution is 0.0523. The maximum absolute atomic E-state index is 11.8. The minimum Gasteiger partial charge on any atom is -0.444 e. The van der Waals surface area contributed by atoms with Gasteiger partial charge in [-0.3, -0.25) is 0 Å². The smallest absolute Gasteiger partial charge is 0.407 e. The molecule has 0 aliphatic carbocycles. The van der Waals surface area contributed by atoms with E-state index in [0.29, 0.717) is 18.3 Å².